The second kappa shape index (κ2) is 10.8. The SMILES string of the molecule is Cc1ccc(Cc2c(C)nc(SCCCC(=O)NC3CCCCC3)n(C)c2=O)cc1. The number of carbonyl (C=O) groups is 1. The van der Waals surface area contributed by atoms with Crippen LogP contribution >= 0.6 is 11.8 Å². The Bertz CT molecular complexity index is 915. The highest BCUT2D eigenvalue weighted by Crippen LogP contribution is 2.19. The van der Waals surface area contributed by atoms with Crippen molar-refractivity contribution in [1.29, 1.82) is 0 Å². The van der Waals surface area contributed by atoms with Gasteiger partial charge in [-0.15, -0.1) is 0 Å². The van der Waals surface area contributed by atoms with Gasteiger partial charge in [-0.25, -0.2) is 4.98 Å². The highest BCUT2D eigenvalue weighted by atomic mass is 32.2. The number of aromatic nitrogens is 2. The first-order valence-corrected chi connectivity index (χ1v) is 12.0. The Labute approximate surface area is 183 Å². The van der Waals surface area contributed by atoms with Crippen LogP contribution in [-0.2, 0) is 18.3 Å². The van der Waals surface area contributed by atoms with E-state index in [2.05, 4.69) is 41.5 Å². The molecule has 5 nitrogen and oxygen atoms in total. The minimum atomic E-state index is 0.0145. The first-order chi connectivity index (χ1) is 14.4. The molecule has 0 bridgehead atoms. The zero-order valence-corrected chi connectivity index (χ0v) is 19.2. The molecule has 0 unspecified atom stereocenters. The number of hydrogen-bond acceptors (Lipinski definition) is 4. The number of amides is 1. The average molecular weight is 428 g/mol. The van der Waals surface area contributed by atoms with Gasteiger partial charge in [0.2, 0.25) is 5.91 Å². The highest BCUT2D eigenvalue weighted by Gasteiger charge is 2.16. The van der Waals surface area contributed by atoms with Crippen LogP contribution in [0.1, 0.15) is 67.3 Å². The minimum absolute atomic E-state index is 0.0145. The third-order valence-electron chi connectivity index (χ3n) is 5.80. The third-order valence-corrected chi connectivity index (χ3v) is 6.92. The quantitative estimate of drug-likeness (QED) is 0.387. The lowest BCUT2D eigenvalue weighted by Crippen LogP contribution is -2.36. The summed E-state index contributed by atoms with van der Waals surface area (Å²) in [7, 11) is 1.78. The molecule has 1 N–H and O–H groups in total. The van der Waals surface area contributed by atoms with Crippen molar-refractivity contribution in [2.75, 3.05) is 5.75 Å². The first-order valence-electron chi connectivity index (χ1n) is 11.0. The molecule has 1 aromatic carbocycles. The van der Waals surface area contributed by atoms with E-state index in [4.69, 9.17) is 0 Å². The fourth-order valence-electron chi connectivity index (χ4n) is 3.92. The van der Waals surface area contributed by atoms with E-state index in [-0.39, 0.29) is 11.5 Å². The first kappa shape index (κ1) is 22.6. The van der Waals surface area contributed by atoms with Crippen LogP contribution in [0.5, 0.6) is 0 Å². The van der Waals surface area contributed by atoms with E-state index in [0.29, 0.717) is 18.9 Å². The number of aryl methyl sites for hydroxylation is 2. The molecule has 1 aliphatic rings. The van der Waals surface area contributed by atoms with Crippen LogP contribution < -0.4 is 10.9 Å². The number of thioether (sulfide) groups is 1. The molecule has 1 aromatic heterocycles. The van der Waals surface area contributed by atoms with E-state index in [9.17, 15) is 9.59 Å². The molecule has 6 heteroatoms. The van der Waals surface area contributed by atoms with E-state index < -0.39 is 0 Å². The Morgan fingerprint density at radius 2 is 1.87 bits per heavy atom. The molecule has 1 saturated carbocycles. The fourth-order valence-corrected chi connectivity index (χ4v) is 4.86. The van der Waals surface area contributed by atoms with Crippen LogP contribution in [0.4, 0.5) is 0 Å². The topological polar surface area (TPSA) is 64.0 Å². The summed E-state index contributed by atoms with van der Waals surface area (Å²) in [4.78, 5) is 29.7. The molecule has 2 aromatic rings. The van der Waals surface area contributed by atoms with Crippen LogP contribution in [0.15, 0.2) is 34.2 Å². The third kappa shape index (κ3) is 6.21. The summed E-state index contributed by atoms with van der Waals surface area (Å²) in [6, 6.07) is 8.63. The van der Waals surface area contributed by atoms with Crippen molar-refractivity contribution in [3.63, 3.8) is 0 Å². The molecule has 0 atom stereocenters. The molecule has 162 valence electrons. The molecule has 0 radical (unpaired) electrons. The molecule has 1 heterocycles. The van der Waals surface area contributed by atoms with E-state index in [0.717, 1.165) is 47.0 Å². The summed E-state index contributed by atoms with van der Waals surface area (Å²) in [6.45, 7) is 3.97. The smallest absolute Gasteiger partial charge is 0.257 e. The Kier molecular flexibility index (Phi) is 8.14. The maximum absolute atomic E-state index is 12.9. The van der Waals surface area contributed by atoms with Gasteiger partial charge in [-0.05, 0) is 38.7 Å². The molecule has 1 amide bonds. The number of benzene rings is 1. The van der Waals surface area contributed by atoms with Gasteiger partial charge in [0.1, 0.15) is 0 Å². The van der Waals surface area contributed by atoms with E-state index >= 15 is 0 Å². The van der Waals surface area contributed by atoms with E-state index in [1.807, 2.05) is 6.92 Å². The predicted octanol–water partition coefficient (Wildman–Crippen LogP) is 4.31. The van der Waals surface area contributed by atoms with Gasteiger partial charge in [0.15, 0.2) is 5.16 Å². The summed E-state index contributed by atoms with van der Waals surface area (Å²) in [5.41, 5.74) is 3.88. The Hall–Kier alpha value is -2.08. The molecule has 1 aliphatic carbocycles. The second-order valence-corrected chi connectivity index (χ2v) is 9.40. The minimum Gasteiger partial charge on any atom is -0.353 e. The lowest BCUT2D eigenvalue weighted by Gasteiger charge is -2.22. The van der Waals surface area contributed by atoms with Gasteiger partial charge >= 0.3 is 0 Å². The van der Waals surface area contributed by atoms with Crippen LogP contribution in [0, 0.1) is 13.8 Å². The second-order valence-electron chi connectivity index (χ2n) is 8.34. The number of rotatable bonds is 8. The van der Waals surface area contributed by atoms with Crippen LogP contribution in [0.25, 0.3) is 0 Å². The Morgan fingerprint density at radius 3 is 2.57 bits per heavy atom. The molecular formula is C24H33N3O2S. The number of carbonyl (C=O) groups excluding carboxylic acids is 1. The standard InChI is InChI=1S/C24H33N3O2S/c1-17-11-13-19(14-12-17)16-21-18(2)25-24(27(3)23(21)29)30-15-7-10-22(28)26-20-8-5-4-6-9-20/h11-14,20H,4-10,15-16H2,1-3H3,(H,26,28). The van der Waals surface area contributed by atoms with Gasteiger partial charge in [-0.2, -0.15) is 0 Å². The van der Waals surface area contributed by atoms with Gasteiger partial charge < -0.3 is 5.32 Å². The van der Waals surface area contributed by atoms with Gasteiger partial charge in [0.05, 0.1) is 0 Å². The number of nitrogens with zero attached hydrogens (tertiary/aromatic N) is 2. The van der Waals surface area contributed by atoms with Gasteiger partial charge in [0, 0.05) is 42.9 Å². The van der Waals surface area contributed by atoms with E-state index in [1.54, 1.807) is 23.4 Å². The van der Waals surface area contributed by atoms with Crippen molar-refractivity contribution >= 4 is 17.7 Å². The molecule has 3 rings (SSSR count). The molecule has 0 aliphatic heterocycles. The fraction of sp³-hybridized carbons (Fsp3) is 0.542. The van der Waals surface area contributed by atoms with Gasteiger partial charge in [-0.1, -0.05) is 60.9 Å². The van der Waals surface area contributed by atoms with Gasteiger partial charge in [-0.3, -0.25) is 14.2 Å². The molecular weight excluding hydrogens is 394 g/mol. The predicted molar refractivity (Wildman–Crippen MR) is 123 cm³/mol. The van der Waals surface area contributed by atoms with Crippen molar-refractivity contribution in [3.8, 4) is 0 Å². The van der Waals surface area contributed by atoms with Crippen molar-refractivity contribution in [1.82, 2.24) is 14.9 Å². The van der Waals surface area contributed by atoms with Crippen molar-refractivity contribution in [2.24, 2.45) is 7.05 Å². The maximum Gasteiger partial charge on any atom is 0.257 e. The van der Waals surface area contributed by atoms with E-state index in [1.165, 1.54) is 24.8 Å². The van der Waals surface area contributed by atoms with Crippen molar-refractivity contribution < 1.29 is 4.79 Å². The summed E-state index contributed by atoms with van der Waals surface area (Å²) < 4.78 is 1.64. The molecule has 30 heavy (non-hydrogen) atoms. The monoisotopic (exact) mass is 427 g/mol. The zero-order valence-electron chi connectivity index (χ0n) is 18.4. The Morgan fingerprint density at radius 1 is 1.17 bits per heavy atom. The molecule has 0 spiro atoms. The maximum atomic E-state index is 12.9. The summed E-state index contributed by atoms with van der Waals surface area (Å²) in [6.07, 6.45) is 7.86. The van der Waals surface area contributed by atoms with Crippen molar-refractivity contribution in [3.05, 3.63) is 57.0 Å². The number of nitrogens with one attached hydrogen (secondary N) is 1. The van der Waals surface area contributed by atoms with Crippen LogP contribution in [0.2, 0.25) is 0 Å². The summed E-state index contributed by atoms with van der Waals surface area (Å²) >= 11 is 1.55. The van der Waals surface area contributed by atoms with Crippen LogP contribution in [-0.4, -0.2) is 27.3 Å². The normalized spacial score (nSPS) is 14.6. The lowest BCUT2D eigenvalue weighted by molar-refractivity contribution is -0.122. The highest BCUT2D eigenvalue weighted by molar-refractivity contribution is 7.99. The van der Waals surface area contributed by atoms with Crippen molar-refractivity contribution in [2.45, 2.75) is 76.4 Å². The lowest BCUT2D eigenvalue weighted by atomic mass is 9.95. The molecule has 1 fully saturated rings. The Balaban J connectivity index is 1.53. The summed E-state index contributed by atoms with van der Waals surface area (Å²) in [5.74, 6) is 0.920. The van der Waals surface area contributed by atoms with Gasteiger partial charge in [0.25, 0.3) is 5.56 Å². The molecule has 0 saturated heterocycles. The number of hydrogen-bond donors (Lipinski definition) is 1. The zero-order chi connectivity index (χ0) is 21.5. The summed E-state index contributed by atoms with van der Waals surface area (Å²) in [5, 5.41) is 3.88. The average Bonchev–Trinajstić information content (AvgIpc) is 2.74. The largest absolute Gasteiger partial charge is 0.353 e. The van der Waals surface area contributed by atoms with Crippen LogP contribution in [0.3, 0.4) is 0 Å².